The van der Waals surface area contributed by atoms with Crippen molar-refractivity contribution in [3.05, 3.63) is 52.0 Å². The molecule has 0 saturated carbocycles. The van der Waals surface area contributed by atoms with Gasteiger partial charge >= 0.3 is 0 Å². The van der Waals surface area contributed by atoms with Crippen LogP contribution in [0.15, 0.2) is 40.9 Å². The number of aliphatic hydroxyl groups is 1. The standard InChI is InChI=1S/C30H51BrN2O7SSi2/c1-24-19-26(10-11-27(24)31)39-14-13-32-21-29(34)25-9-12-30(40-23-38-16-18-43(6,7)8)28(20-25)33(41(2,35)36)22-37-15-17-42(3,4)5/h9-12,19-20,29,32,34H,13-18,21-23H2,1-8H3/t29-/m0/s1. The third-order valence-electron chi connectivity index (χ3n) is 6.55. The minimum atomic E-state index is -3.72. The highest BCUT2D eigenvalue weighted by Gasteiger charge is 2.24. The number of benzene rings is 2. The molecule has 244 valence electrons. The van der Waals surface area contributed by atoms with E-state index in [1.807, 2.05) is 25.1 Å². The van der Waals surface area contributed by atoms with Gasteiger partial charge in [-0.15, -0.1) is 0 Å². The van der Waals surface area contributed by atoms with Gasteiger partial charge in [0, 0.05) is 46.9 Å². The summed E-state index contributed by atoms with van der Waals surface area (Å²) in [6.45, 7) is 17.6. The number of aliphatic hydroxyl groups excluding tert-OH is 1. The van der Waals surface area contributed by atoms with E-state index >= 15 is 0 Å². The van der Waals surface area contributed by atoms with Crippen LogP contribution in [-0.4, -0.2) is 82.4 Å². The maximum atomic E-state index is 12.9. The first kappa shape index (κ1) is 37.7. The summed E-state index contributed by atoms with van der Waals surface area (Å²) < 4.78 is 51.3. The normalized spacial score (nSPS) is 13.2. The Morgan fingerprint density at radius 1 is 0.930 bits per heavy atom. The van der Waals surface area contributed by atoms with E-state index in [2.05, 4.69) is 60.5 Å². The van der Waals surface area contributed by atoms with E-state index < -0.39 is 32.3 Å². The summed E-state index contributed by atoms with van der Waals surface area (Å²) in [5.74, 6) is 1.12. The minimum absolute atomic E-state index is 0.00703. The van der Waals surface area contributed by atoms with Gasteiger partial charge in [0.2, 0.25) is 10.0 Å². The van der Waals surface area contributed by atoms with Crippen molar-refractivity contribution in [3.8, 4) is 11.5 Å². The fraction of sp³-hybridized carbons (Fsp3) is 0.600. The molecule has 2 N–H and O–H groups in total. The lowest BCUT2D eigenvalue weighted by Gasteiger charge is -2.26. The second kappa shape index (κ2) is 17.3. The molecule has 1 atom stereocenters. The van der Waals surface area contributed by atoms with E-state index in [1.54, 1.807) is 18.2 Å². The first-order chi connectivity index (χ1) is 20.0. The minimum Gasteiger partial charge on any atom is -0.492 e. The van der Waals surface area contributed by atoms with Crippen LogP contribution >= 0.6 is 15.9 Å². The molecular formula is C30H51BrN2O7SSi2. The first-order valence-electron chi connectivity index (χ1n) is 14.6. The molecule has 13 heteroatoms. The number of aryl methyl sites for hydroxylation is 1. The molecular weight excluding hydrogens is 668 g/mol. The number of halogens is 1. The summed E-state index contributed by atoms with van der Waals surface area (Å²) in [5, 5.41) is 14.2. The second-order valence-electron chi connectivity index (χ2n) is 13.1. The summed E-state index contributed by atoms with van der Waals surface area (Å²) in [7, 11) is -6.33. The Kier molecular flexibility index (Phi) is 15.2. The Morgan fingerprint density at radius 3 is 2.19 bits per heavy atom. The molecule has 0 fully saturated rings. The van der Waals surface area contributed by atoms with Crippen molar-refractivity contribution in [2.24, 2.45) is 0 Å². The molecule has 43 heavy (non-hydrogen) atoms. The molecule has 2 aromatic rings. The monoisotopic (exact) mass is 718 g/mol. The summed E-state index contributed by atoms with van der Waals surface area (Å²) in [4.78, 5) is 0. The van der Waals surface area contributed by atoms with Gasteiger partial charge in [-0.1, -0.05) is 61.3 Å². The van der Waals surface area contributed by atoms with E-state index in [9.17, 15) is 13.5 Å². The van der Waals surface area contributed by atoms with Crippen LogP contribution < -0.4 is 19.1 Å². The molecule has 0 aliphatic heterocycles. The Labute approximate surface area is 269 Å². The van der Waals surface area contributed by atoms with Gasteiger partial charge in [0.25, 0.3) is 0 Å². The molecule has 0 heterocycles. The highest BCUT2D eigenvalue weighted by atomic mass is 79.9. The summed E-state index contributed by atoms with van der Waals surface area (Å²) in [6, 6.07) is 12.8. The highest BCUT2D eigenvalue weighted by Crippen LogP contribution is 2.33. The number of nitrogens with zero attached hydrogens (tertiary/aromatic N) is 1. The quantitative estimate of drug-likeness (QED) is 0.0944. The fourth-order valence-electron chi connectivity index (χ4n) is 3.78. The maximum absolute atomic E-state index is 12.9. The van der Waals surface area contributed by atoms with Crippen molar-refractivity contribution in [2.45, 2.75) is 64.4 Å². The number of nitrogens with one attached hydrogen (secondary N) is 1. The van der Waals surface area contributed by atoms with Crippen LogP contribution in [0.25, 0.3) is 0 Å². The third-order valence-corrected chi connectivity index (χ3v) is 12.0. The molecule has 9 nitrogen and oxygen atoms in total. The van der Waals surface area contributed by atoms with Crippen molar-refractivity contribution in [1.82, 2.24) is 5.32 Å². The molecule has 0 spiro atoms. The van der Waals surface area contributed by atoms with Crippen LogP contribution in [0, 0.1) is 6.92 Å². The zero-order chi connectivity index (χ0) is 32.3. The number of rotatable bonds is 20. The molecule has 0 aliphatic rings. The lowest BCUT2D eigenvalue weighted by molar-refractivity contribution is 0.0222. The number of hydrogen-bond acceptors (Lipinski definition) is 8. The topological polar surface area (TPSA) is 107 Å². The molecule has 0 radical (unpaired) electrons. The van der Waals surface area contributed by atoms with Crippen molar-refractivity contribution in [3.63, 3.8) is 0 Å². The maximum Gasteiger partial charge on any atom is 0.234 e. The van der Waals surface area contributed by atoms with Crippen LogP contribution in [-0.2, 0) is 19.5 Å². The van der Waals surface area contributed by atoms with Gasteiger partial charge in [0.05, 0.1) is 18.0 Å². The molecule has 2 aromatic carbocycles. The predicted octanol–water partition coefficient (Wildman–Crippen LogP) is 6.23. The smallest absolute Gasteiger partial charge is 0.234 e. The average Bonchev–Trinajstić information content (AvgIpc) is 2.88. The van der Waals surface area contributed by atoms with Gasteiger partial charge in [0.1, 0.15) is 24.8 Å². The highest BCUT2D eigenvalue weighted by molar-refractivity contribution is 9.10. The van der Waals surface area contributed by atoms with Gasteiger partial charge in [-0.25, -0.2) is 12.7 Å². The van der Waals surface area contributed by atoms with Crippen LogP contribution in [0.4, 0.5) is 5.69 Å². The van der Waals surface area contributed by atoms with Crippen LogP contribution in [0.5, 0.6) is 11.5 Å². The summed E-state index contributed by atoms with van der Waals surface area (Å²) in [6.07, 6.45) is 0.255. The molecule has 0 aromatic heterocycles. The van der Waals surface area contributed by atoms with Gasteiger partial charge in [-0.2, -0.15) is 0 Å². The second-order valence-corrected chi connectivity index (χ2v) is 27.2. The van der Waals surface area contributed by atoms with Crippen molar-refractivity contribution < 1.29 is 32.5 Å². The van der Waals surface area contributed by atoms with Gasteiger partial charge < -0.3 is 29.4 Å². The van der Waals surface area contributed by atoms with Gasteiger partial charge in [-0.3, -0.25) is 0 Å². The van der Waals surface area contributed by atoms with E-state index in [0.29, 0.717) is 43.4 Å². The van der Waals surface area contributed by atoms with Crippen molar-refractivity contribution in [2.75, 3.05) is 57.0 Å². The number of hydrogen-bond donors (Lipinski definition) is 2. The number of anilines is 1. The van der Waals surface area contributed by atoms with E-state index in [0.717, 1.165) is 34.1 Å². The van der Waals surface area contributed by atoms with Gasteiger partial charge in [-0.05, 0) is 60.5 Å². The fourth-order valence-corrected chi connectivity index (χ4v) is 6.30. The van der Waals surface area contributed by atoms with Crippen LogP contribution in [0.3, 0.4) is 0 Å². The molecule has 0 unspecified atom stereocenters. The number of sulfonamides is 1. The van der Waals surface area contributed by atoms with Crippen LogP contribution in [0.2, 0.25) is 51.4 Å². The third kappa shape index (κ3) is 14.9. The zero-order valence-electron chi connectivity index (χ0n) is 27.0. The molecule has 0 bridgehead atoms. The number of ether oxygens (including phenoxy) is 4. The van der Waals surface area contributed by atoms with Crippen LogP contribution in [0.1, 0.15) is 17.2 Å². The Morgan fingerprint density at radius 2 is 1.58 bits per heavy atom. The lowest BCUT2D eigenvalue weighted by atomic mass is 10.1. The molecule has 0 aliphatic carbocycles. The van der Waals surface area contributed by atoms with E-state index in [1.165, 1.54) is 4.31 Å². The zero-order valence-corrected chi connectivity index (χ0v) is 31.4. The predicted molar refractivity (Wildman–Crippen MR) is 185 cm³/mol. The van der Waals surface area contributed by atoms with Gasteiger partial charge in [0.15, 0.2) is 6.79 Å². The lowest BCUT2D eigenvalue weighted by Crippen LogP contribution is -2.34. The molecule has 2 rings (SSSR count). The summed E-state index contributed by atoms with van der Waals surface area (Å²) >= 11 is 3.49. The SMILES string of the molecule is Cc1cc(OCCNC[C@H](O)c2ccc(OCOCC[Si](C)(C)C)c(N(COCC[Si](C)(C)C)S(C)(=O)=O)c2)ccc1Br. The Bertz CT molecular complexity index is 1250. The van der Waals surface area contributed by atoms with E-state index in [-0.39, 0.29) is 20.1 Å². The molecule has 0 amide bonds. The Hall–Kier alpha value is -1.46. The Balaban J connectivity index is 2.11. The van der Waals surface area contributed by atoms with Crippen molar-refractivity contribution in [1.29, 1.82) is 0 Å². The van der Waals surface area contributed by atoms with Crippen molar-refractivity contribution >= 4 is 47.8 Å². The van der Waals surface area contributed by atoms with E-state index in [4.69, 9.17) is 18.9 Å². The first-order valence-corrected chi connectivity index (χ1v) is 24.7. The largest absolute Gasteiger partial charge is 0.492 e. The molecule has 0 saturated heterocycles. The summed E-state index contributed by atoms with van der Waals surface area (Å²) in [5.41, 5.74) is 1.94. The average molecular weight is 720 g/mol.